The van der Waals surface area contributed by atoms with Gasteiger partial charge in [0.05, 0.1) is 0 Å². The van der Waals surface area contributed by atoms with Crippen LogP contribution in [0, 0.1) is 0 Å². The normalized spacial score (nSPS) is 14.8. The van der Waals surface area contributed by atoms with E-state index in [1.807, 2.05) is 0 Å². The summed E-state index contributed by atoms with van der Waals surface area (Å²) in [4.78, 5) is 2.53. The molecular weight excluding hydrogens is 843 g/mol. The maximum atomic E-state index is 2.53. The van der Waals surface area contributed by atoms with Gasteiger partial charge in [0.1, 0.15) is 0 Å². The highest BCUT2D eigenvalue weighted by Crippen LogP contribution is 2.56. The Kier molecular flexibility index (Phi) is 9.33. The van der Waals surface area contributed by atoms with Crippen LogP contribution in [-0.4, -0.2) is 0 Å². The molecule has 0 N–H and O–H groups in total. The molecule has 70 heavy (non-hydrogen) atoms. The summed E-state index contributed by atoms with van der Waals surface area (Å²) in [5, 5.41) is 0. The van der Waals surface area contributed by atoms with Crippen molar-refractivity contribution >= 4 is 17.1 Å². The van der Waals surface area contributed by atoms with Crippen LogP contribution >= 0.6 is 0 Å². The van der Waals surface area contributed by atoms with Crippen molar-refractivity contribution in [1.82, 2.24) is 0 Å². The first kappa shape index (κ1) is 42.1. The third-order valence-corrected chi connectivity index (χ3v) is 16.3. The predicted molar refractivity (Wildman–Crippen MR) is 296 cm³/mol. The van der Waals surface area contributed by atoms with Gasteiger partial charge < -0.3 is 4.90 Å². The number of anilines is 3. The topological polar surface area (TPSA) is 3.24 Å². The van der Waals surface area contributed by atoms with Gasteiger partial charge in [-0.1, -0.05) is 217 Å². The summed E-state index contributed by atoms with van der Waals surface area (Å²) in [7, 11) is 0. The monoisotopic (exact) mass is 897 g/mol. The Morgan fingerprint density at radius 1 is 0.214 bits per heavy atom. The quantitative estimate of drug-likeness (QED) is 0.154. The second kappa shape index (κ2) is 15.5. The molecule has 0 radical (unpaired) electrons. The average molecular weight is 898 g/mol. The number of rotatable bonds is 7. The van der Waals surface area contributed by atoms with Crippen LogP contribution in [0.15, 0.2) is 224 Å². The van der Waals surface area contributed by atoms with E-state index in [9.17, 15) is 0 Å². The summed E-state index contributed by atoms with van der Waals surface area (Å²) < 4.78 is 0. The van der Waals surface area contributed by atoms with E-state index in [1.54, 1.807) is 0 Å². The molecule has 0 unspecified atom stereocenters. The van der Waals surface area contributed by atoms with Crippen LogP contribution in [0.25, 0.3) is 77.9 Å². The summed E-state index contributed by atoms with van der Waals surface area (Å²) in [6, 6.07) is 84.1. The molecule has 336 valence electrons. The van der Waals surface area contributed by atoms with Crippen molar-refractivity contribution in [3.05, 3.63) is 258 Å². The molecule has 10 aromatic rings. The summed E-state index contributed by atoms with van der Waals surface area (Å²) in [5.41, 5.74) is 29.0. The Balaban J connectivity index is 0.895. The van der Waals surface area contributed by atoms with E-state index in [4.69, 9.17) is 0 Å². The van der Waals surface area contributed by atoms with Crippen LogP contribution < -0.4 is 4.90 Å². The minimum absolute atomic E-state index is 0.129. The smallest absolute Gasteiger partial charge is 0.0465 e. The summed E-state index contributed by atoms with van der Waals surface area (Å²) in [5.74, 6) is 0. The fraction of sp³-hybridized carbons (Fsp3) is 0.130. The number of hydrogen-bond acceptors (Lipinski definition) is 1. The molecular formula is C69H55N. The average Bonchev–Trinajstić information content (AvgIpc) is 3.88. The Labute approximate surface area is 413 Å². The second-order valence-corrected chi connectivity index (χ2v) is 21.4. The fourth-order valence-corrected chi connectivity index (χ4v) is 12.3. The molecule has 10 aromatic carbocycles. The minimum Gasteiger partial charge on any atom is -0.310 e. The van der Waals surface area contributed by atoms with Crippen molar-refractivity contribution in [3.63, 3.8) is 0 Å². The number of hydrogen-bond donors (Lipinski definition) is 0. The Morgan fingerprint density at radius 3 is 0.857 bits per heavy atom. The van der Waals surface area contributed by atoms with E-state index in [0.717, 1.165) is 0 Å². The molecule has 0 aromatic heterocycles. The molecule has 0 atom stereocenters. The Hall–Kier alpha value is -8.00. The highest BCUT2D eigenvalue weighted by molar-refractivity contribution is 5.92. The van der Waals surface area contributed by atoms with Crippen molar-refractivity contribution in [2.45, 2.75) is 57.8 Å². The molecule has 3 aliphatic rings. The van der Waals surface area contributed by atoms with Gasteiger partial charge in [-0.15, -0.1) is 0 Å². The molecule has 1 nitrogen and oxygen atoms in total. The van der Waals surface area contributed by atoms with Crippen LogP contribution in [0.1, 0.15) is 74.9 Å². The van der Waals surface area contributed by atoms with Gasteiger partial charge in [-0.2, -0.15) is 0 Å². The van der Waals surface area contributed by atoms with Crippen LogP contribution in [0.3, 0.4) is 0 Å². The first-order chi connectivity index (χ1) is 33.9. The lowest BCUT2D eigenvalue weighted by molar-refractivity contribution is 0.659. The van der Waals surface area contributed by atoms with Gasteiger partial charge in [0.25, 0.3) is 0 Å². The maximum absolute atomic E-state index is 2.53. The molecule has 0 aliphatic heterocycles. The molecule has 0 saturated carbocycles. The number of nitrogens with zero attached hydrogens (tertiary/aromatic N) is 1. The third-order valence-electron chi connectivity index (χ3n) is 16.3. The molecule has 0 bridgehead atoms. The lowest BCUT2D eigenvalue weighted by Gasteiger charge is -2.31. The van der Waals surface area contributed by atoms with Gasteiger partial charge in [0.2, 0.25) is 0 Å². The van der Waals surface area contributed by atoms with Crippen LogP contribution in [0.2, 0.25) is 0 Å². The van der Waals surface area contributed by atoms with Crippen LogP contribution in [-0.2, 0) is 16.2 Å². The molecule has 0 saturated heterocycles. The van der Waals surface area contributed by atoms with E-state index >= 15 is 0 Å². The largest absolute Gasteiger partial charge is 0.310 e. The van der Waals surface area contributed by atoms with Gasteiger partial charge in [0.15, 0.2) is 0 Å². The van der Waals surface area contributed by atoms with Crippen molar-refractivity contribution in [1.29, 1.82) is 0 Å². The van der Waals surface area contributed by atoms with Gasteiger partial charge in [-0.25, -0.2) is 0 Å². The van der Waals surface area contributed by atoms with Crippen molar-refractivity contribution in [2.75, 3.05) is 4.90 Å². The van der Waals surface area contributed by atoms with E-state index < -0.39 is 0 Å². The van der Waals surface area contributed by atoms with Gasteiger partial charge in [-0.05, 0) is 160 Å². The second-order valence-electron chi connectivity index (χ2n) is 21.4. The summed E-state index contributed by atoms with van der Waals surface area (Å²) in [6.45, 7) is 14.4. The zero-order valence-electron chi connectivity index (χ0n) is 40.8. The summed E-state index contributed by atoms with van der Waals surface area (Å²) >= 11 is 0. The van der Waals surface area contributed by atoms with E-state index in [0.29, 0.717) is 0 Å². The zero-order chi connectivity index (χ0) is 47.5. The lowest BCUT2D eigenvalue weighted by atomic mass is 9.81. The highest BCUT2D eigenvalue weighted by atomic mass is 15.1. The molecule has 0 amide bonds. The fourth-order valence-electron chi connectivity index (χ4n) is 12.3. The van der Waals surface area contributed by atoms with Gasteiger partial charge in [0, 0.05) is 33.3 Å². The van der Waals surface area contributed by atoms with Gasteiger partial charge in [-0.3, -0.25) is 0 Å². The predicted octanol–water partition coefficient (Wildman–Crippen LogP) is 18.7. The van der Waals surface area contributed by atoms with Gasteiger partial charge >= 0.3 is 0 Å². The first-order valence-electron chi connectivity index (χ1n) is 24.9. The minimum atomic E-state index is -0.213. The molecule has 0 fully saturated rings. The standard InChI is InChI=1S/C69H55N/c1-67(2)61-20-14-13-19-55(61)58-36-31-52(41-64(58)67)70(53-32-37-59-56-34-29-50(39-62(56)68(3,4)65(59)42-53)48-25-21-46(22-26-48)44-15-9-7-10-16-44)54-33-38-60-57-35-30-51(40-63(57)69(5,6)66(60)43-54)49-27-23-47(24-28-49)45-17-11-8-12-18-45/h7-43H,1-6H3. The van der Waals surface area contributed by atoms with E-state index in [1.165, 1.54) is 128 Å². The Bertz CT molecular complexity index is 3510. The summed E-state index contributed by atoms with van der Waals surface area (Å²) in [6.07, 6.45) is 0. The van der Waals surface area contributed by atoms with Crippen LogP contribution in [0.5, 0.6) is 0 Å². The SMILES string of the molecule is CC1(C)c2ccccc2-c2ccc(N(c3ccc4c(c3)C(C)(C)c3cc(-c5ccc(-c6ccccc6)cc5)ccc3-4)c3ccc4c(c3)C(C)(C)c3cc(-c5ccc(-c6ccccc6)cc5)ccc3-4)cc21. The highest BCUT2D eigenvalue weighted by Gasteiger charge is 2.40. The van der Waals surface area contributed by atoms with Crippen molar-refractivity contribution in [2.24, 2.45) is 0 Å². The molecule has 0 spiro atoms. The van der Waals surface area contributed by atoms with Crippen molar-refractivity contribution in [3.8, 4) is 77.9 Å². The first-order valence-corrected chi connectivity index (χ1v) is 24.9. The molecule has 0 heterocycles. The van der Waals surface area contributed by atoms with E-state index in [2.05, 4.69) is 271 Å². The van der Waals surface area contributed by atoms with Crippen LogP contribution in [0.4, 0.5) is 17.1 Å². The Morgan fingerprint density at radius 2 is 0.471 bits per heavy atom. The zero-order valence-corrected chi connectivity index (χ0v) is 40.8. The molecule has 3 aliphatic carbocycles. The molecule has 13 rings (SSSR count). The van der Waals surface area contributed by atoms with Crippen molar-refractivity contribution < 1.29 is 0 Å². The maximum Gasteiger partial charge on any atom is 0.0465 e. The lowest BCUT2D eigenvalue weighted by Crippen LogP contribution is -2.19. The van der Waals surface area contributed by atoms with E-state index in [-0.39, 0.29) is 16.2 Å². The number of fused-ring (bicyclic) bond motifs is 9. The third kappa shape index (κ3) is 6.45. The number of benzene rings is 10. The molecule has 1 heteroatoms.